The van der Waals surface area contributed by atoms with Crippen LogP contribution in [0.2, 0.25) is 5.02 Å². The Balaban J connectivity index is 1.40. The van der Waals surface area contributed by atoms with Crippen LogP contribution in [0, 0.1) is 5.41 Å². The number of hydrogen-bond donors (Lipinski definition) is 2. The molecule has 0 unspecified atom stereocenters. The summed E-state index contributed by atoms with van der Waals surface area (Å²) in [6.07, 6.45) is 5.23. The Morgan fingerprint density at radius 1 is 1.28 bits per heavy atom. The number of pyridine rings is 2. The molecule has 0 saturated carbocycles. The van der Waals surface area contributed by atoms with Crippen molar-refractivity contribution in [3.8, 4) is 5.75 Å². The van der Waals surface area contributed by atoms with Crippen LogP contribution in [0.1, 0.15) is 49.5 Å². The first-order valence-corrected chi connectivity index (χ1v) is 12.7. The summed E-state index contributed by atoms with van der Waals surface area (Å²) in [6, 6.07) is 11.2. The van der Waals surface area contributed by atoms with Crippen molar-refractivity contribution in [2.24, 2.45) is 5.41 Å². The van der Waals surface area contributed by atoms with Crippen LogP contribution in [-0.4, -0.2) is 52.7 Å². The van der Waals surface area contributed by atoms with Crippen LogP contribution < -0.4 is 10.2 Å². The zero-order valence-corrected chi connectivity index (χ0v) is 21.2. The third-order valence-electron chi connectivity index (χ3n) is 7.29. The van der Waals surface area contributed by atoms with E-state index >= 15 is 4.39 Å². The predicted octanol–water partition coefficient (Wildman–Crippen LogP) is 5.30. The summed E-state index contributed by atoms with van der Waals surface area (Å²) in [5, 5.41) is 10.3. The van der Waals surface area contributed by atoms with Gasteiger partial charge in [-0.25, -0.2) is 9.87 Å². The number of carbonyl (C=O) groups is 1. The minimum Gasteiger partial charge on any atom is -0.497 e. The van der Waals surface area contributed by atoms with Crippen molar-refractivity contribution in [2.45, 2.75) is 44.7 Å². The molecule has 2 aromatic heterocycles. The zero-order chi connectivity index (χ0) is 25.5. The number of likely N-dealkylation sites (tertiary alicyclic amines) is 1. The number of carbonyl (C=O) groups excluding carboxylic acids is 1. The number of aromatic nitrogens is 2. The molecule has 2 N–H and O–H groups in total. The number of benzene rings is 1. The van der Waals surface area contributed by atoms with Crippen LogP contribution in [0.3, 0.4) is 0 Å². The first kappa shape index (κ1) is 26.3. The Morgan fingerprint density at radius 2 is 2.08 bits per heavy atom. The minimum absolute atomic E-state index is 0.100. The monoisotopic (exact) mass is 514 g/mol. The highest BCUT2D eigenvalue weighted by atomic mass is 35.5. The van der Waals surface area contributed by atoms with Crippen molar-refractivity contribution in [2.75, 3.05) is 26.7 Å². The van der Waals surface area contributed by atoms with Crippen LogP contribution in [0.4, 0.5) is 4.39 Å². The van der Waals surface area contributed by atoms with Gasteiger partial charge in [0.25, 0.3) is 0 Å². The van der Waals surface area contributed by atoms with Crippen LogP contribution in [-0.2, 0) is 11.2 Å². The third kappa shape index (κ3) is 5.94. The van der Waals surface area contributed by atoms with Gasteiger partial charge in [-0.2, -0.15) is 0 Å². The number of hydroxylamine groups is 1. The van der Waals surface area contributed by atoms with Crippen molar-refractivity contribution in [1.29, 1.82) is 0 Å². The lowest BCUT2D eigenvalue weighted by Crippen LogP contribution is -2.48. The lowest BCUT2D eigenvalue weighted by Gasteiger charge is -2.40. The van der Waals surface area contributed by atoms with Gasteiger partial charge in [-0.1, -0.05) is 17.7 Å². The van der Waals surface area contributed by atoms with E-state index in [0.29, 0.717) is 54.6 Å². The number of fused-ring (bicyclic) bond motifs is 1. The van der Waals surface area contributed by atoms with E-state index < -0.39 is 17.5 Å². The van der Waals surface area contributed by atoms with Crippen molar-refractivity contribution < 1.29 is 19.1 Å². The number of alkyl halides is 1. The summed E-state index contributed by atoms with van der Waals surface area (Å²) < 4.78 is 21.0. The smallest absolute Gasteiger partial charge is 0.249 e. The normalized spacial score (nSPS) is 16.6. The number of nitrogens with one attached hydrogen (secondary N) is 1. The predicted molar refractivity (Wildman–Crippen MR) is 137 cm³/mol. The van der Waals surface area contributed by atoms with Crippen molar-refractivity contribution in [3.05, 3.63) is 65.1 Å². The number of hydrogen-bond acceptors (Lipinski definition) is 6. The maximum Gasteiger partial charge on any atom is 0.249 e. The van der Waals surface area contributed by atoms with Gasteiger partial charge in [0, 0.05) is 29.0 Å². The van der Waals surface area contributed by atoms with Gasteiger partial charge in [-0.05, 0) is 88.5 Å². The largest absolute Gasteiger partial charge is 0.497 e. The van der Waals surface area contributed by atoms with E-state index in [1.165, 1.54) is 6.20 Å². The average Bonchev–Trinajstić information content (AvgIpc) is 2.92. The Kier molecular flexibility index (Phi) is 8.72. The van der Waals surface area contributed by atoms with Gasteiger partial charge >= 0.3 is 0 Å². The van der Waals surface area contributed by atoms with Gasteiger partial charge in [0.05, 0.1) is 23.1 Å². The highest BCUT2D eigenvalue weighted by Crippen LogP contribution is 2.42. The fourth-order valence-corrected chi connectivity index (χ4v) is 5.37. The number of ether oxygens (including phenoxy) is 1. The summed E-state index contributed by atoms with van der Waals surface area (Å²) in [5.74, 6) is 0.141. The SMILES string of the molecule is COc1ccc2ncc(Cl)c([C@H](F)CCC3(C(=O)NO)CCN(CCCc4ccccn4)CC3)c2c1. The standard InChI is InChI=1S/C27H32ClFN4O3/c1-36-20-7-8-24-21(17-20)25(22(28)18-31-24)23(29)9-10-27(26(34)32-35)11-15-33(16-12-27)14-4-6-19-5-2-3-13-30-19/h2-3,5,7-8,13,17-18,23,35H,4,6,9-12,14-16H2,1H3,(H,32,34)/t23-/m1/s1. The van der Waals surface area contributed by atoms with Crippen LogP contribution in [0.15, 0.2) is 48.8 Å². The fourth-order valence-electron chi connectivity index (χ4n) is 5.10. The molecule has 1 aromatic carbocycles. The molecule has 0 radical (unpaired) electrons. The molecule has 1 saturated heterocycles. The number of rotatable bonds is 10. The number of halogens is 2. The van der Waals surface area contributed by atoms with E-state index in [1.54, 1.807) is 31.5 Å². The van der Waals surface area contributed by atoms with E-state index in [-0.39, 0.29) is 11.4 Å². The highest BCUT2D eigenvalue weighted by Gasteiger charge is 2.41. The van der Waals surface area contributed by atoms with Gasteiger partial charge in [-0.3, -0.25) is 20.0 Å². The van der Waals surface area contributed by atoms with E-state index in [4.69, 9.17) is 16.3 Å². The molecule has 7 nitrogen and oxygen atoms in total. The molecule has 0 aliphatic carbocycles. The van der Waals surface area contributed by atoms with E-state index in [1.807, 2.05) is 23.7 Å². The second kappa shape index (κ2) is 12.0. The molecule has 1 amide bonds. The van der Waals surface area contributed by atoms with Crippen LogP contribution >= 0.6 is 11.6 Å². The second-order valence-electron chi connectivity index (χ2n) is 9.40. The lowest BCUT2D eigenvalue weighted by molar-refractivity contribution is -0.143. The topological polar surface area (TPSA) is 87.6 Å². The fraction of sp³-hybridized carbons (Fsp3) is 0.444. The Bertz CT molecular complexity index is 1170. The summed E-state index contributed by atoms with van der Waals surface area (Å²) in [4.78, 5) is 23.7. The van der Waals surface area contributed by atoms with E-state index in [2.05, 4.69) is 14.9 Å². The molecular weight excluding hydrogens is 483 g/mol. The first-order valence-electron chi connectivity index (χ1n) is 12.3. The highest BCUT2D eigenvalue weighted by molar-refractivity contribution is 6.32. The molecule has 1 aliphatic rings. The maximum absolute atomic E-state index is 15.7. The van der Waals surface area contributed by atoms with Gasteiger partial charge in [0.1, 0.15) is 11.9 Å². The molecular formula is C27H32ClFN4O3. The number of piperidine rings is 1. The van der Waals surface area contributed by atoms with Crippen LogP contribution in [0.25, 0.3) is 10.9 Å². The number of nitrogens with zero attached hydrogens (tertiary/aromatic N) is 3. The Labute approximate surface area is 215 Å². The Morgan fingerprint density at radius 3 is 2.78 bits per heavy atom. The maximum atomic E-state index is 15.7. The summed E-state index contributed by atoms with van der Waals surface area (Å²) >= 11 is 6.38. The molecule has 3 heterocycles. The first-order chi connectivity index (χ1) is 17.5. The molecule has 0 spiro atoms. The number of aryl methyl sites for hydroxylation is 1. The molecule has 3 aromatic rings. The van der Waals surface area contributed by atoms with Gasteiger partial charge < -0.3 is 9.64 Å². The zero-order valence-electron chi connectivity index (χ0n) is 20.4. The molecule has 1 aliphatic heterocycles. The van der Waals surface area contributed by atoms with E-state index in [9.17, 15) is 10.0 Å². The lowest BCUT2D eigenvalue weighted by atomic mass is 9.73. The molecule has 0 bridgehead atoms. The average molecular weight is 515 g/mol. The molecule has 4 rings (SSSR count). The molecule has 1 atom stereocenters. The molecule has 1 fully saturated rings. The quantitative estimate of drug-likeness (QED) is 0.282. The van der Waals surface area contributed by atoms with E-state index in [0.717, 1.165) is 25.1 Å². The minimum atomic E-state index is -1.39. The van der Waals surface area contributed by atoms with Crippen molar-refractivity contribution in [3.63, 3.8) is 0 Å². The van der Waals surface area contributed by atoms with Gasteiger partial charge in [0.15, 0.2) is 0 Å². The van der Waals surface area contributed by atoms with Gasteiger partial charge in [0.2, 0.25) is 5.91 Å². The van der Waals surface area contributed by atoms with Crippen LogP contribution in [0.5, 0.6) is 5.75 Å². The third-order valence-corrected chi connectivity index (χ3v) is 7.59. The summed E-state index contributed by atoms with van der Waals surface area (Å²) in [6.45, 7) is 2.32. The van der Waals surface area contributed by atoms with Gasteiger partial charge in [-0.15, -0.1) is 0 Å². The molecule has 9 heteroatoms. The van der Waals surface area contributed by atoms with Crippen molar-refractivity contribution in [1.82, 2.24) is 20.3 Å². The van der Waals surface area contributed by atoms with Crippen molar-refractivity contribution >= 4 is 28.4 Å². The molecule has 192 valence electrons. The number of methoxy groups -OCH3 is 1. The summed E-state index contributed by atoms with van der Waals surface area (Å²) in [7, 11) is 1.55. The second-order valence-corrected chi connectivity index (χ2v) is 9.80. The number of amides is 1. The summed E-state index contributed by atoms with van der Waals surface area (Å²) in [5.41, 5.74) is 3.05. The Hall–Kier alpha value is -2.81. The molecule has 36 heavy (non-hydrogen) atoms.